The molecule has 0 aromatic carbocycles. The molecule has 0 atom stereocenters. The third kappa shape index (κ3) is 12.8. The van der Waals surface area contributed by atoms with E-state index in [4.69, 9.17) is 9.29 Å². The molecule has 0 aromatic heterocycles. The van der Waals surface area contributed by atoms with Gasteiger partial charge >= 0.3 is 51.4 Å². The zero-order valence-corrected chi connectivity index (χ0v) is 13.2. The van der Waals surface area contributed by atoms with Crippen LogP contribution in [0.3, 0.4) is 0 Å². The Balaban J connectivity index is 0. The van der Waals surface area contributed by atoms with Crippen LogP contribution >= 0.6 is 0 Å². The molecule has 0 heterocycles. The van der Waals surface area contributed by atoms with Crippen molar-refractivity contribution in [1.82, 2.24) is 0 Å². The van der Waals surface area contributed by atoms with Crippen molar-refractivity contribution in [1.29, 1.82) is 0 Å². The first-order valence-electron chi connectivity index (χ1n) is 4.24. The van der Waals surface area contributed by atoms with Gasteiger partial charge in [0.05, 0.1) is 24.9 Å². The Morgan fingerprint density at radius 3 is 2.44 bits per heavy atom. The predicted molar refractivity (Wildman–Crippen MR) is 50.6 cm³/mol. The third-order valence-corrected chi connectivity index (χ3v) is 2.20. The zero-order valence-electron chi connectivity index (χ0n) is 9.30. The van der Waals surface area contributed by atoms with Crippen LogP contribution in [0.25, 0.3) is 0 Å². The van der Waals surface area contributed by atoms with Crippen LogP contribution in [-0.2, 0) is 19.6 Å². The van der Waals surface area contributed by atoms with Crippen molar-refractivity contribution in [3.63, 3.8) is 0 Å². The van der Waals surface area contributed by atoms with Crippen molar-refractivity contribution < 1.29 is 79.0 Å². The monoisotopic (exact) mass is 276 g/mol. The second-order valence-electron chi connectivity index (χ2n) is 2.86. The minimum Gasteiger partial charge on any atom is -0.545 e. The Kier molecular flexibility index (Phi) is 11.6. The standard InChI is InChI=1S/C8H14O6S.K/c1-7(8(9)10)3-2-4-14-5-6-15(11,12)13;/h3H,2,4-6H2,1H3,(H,9,10)(H,11,12,13);/q;+1/p-1. The fourth-order valence-corrected chi connectivity index (χ4v) is 1.04. The molecule has 0 fully saturated rings. The summed E-state index contributed by atoms with van der Waals surface area (Å²) in [5.41, 5.74) is 0.105. The van der Waals surface area contributed by atoms with Gasteiger partial charge in [-0.05, 0) is 18.9 Å². The van der Waals surface area contributed by atoms with Crippen LogP contribution in [-0.4, -0.2) is 37.9 Å². The molecule has 0 aromatic rings. The van der Waals surface area contributed by atoms with E-state index in [2.05, 4.69) is 0 Å². The Hall–Kier alpha value is 0.716. The van der Waals surface area contributed by atoms with Crippen molar-refractivity contribution in [2.24, 2.45) is 0 Å². The Bertz CT molecular complexity index is 334. The maximum Gasteiger partial charge on any atom is 1.00 e. The van der Waals surface area contributed by atoms with Gasteiger partial charge in [0, 0.05) is 0 Å². The summed E-state index contributed by atoms with van der Waals surface area (Å²) in [5, 5.41) is 10.2. The number of hydrogen-bond acceptors (Lipinski definition) is 5. The van der Waals surface area contributed by atoms with Crippen LogP contribution in [0.4, 0.5) is 0 Å². The van der Waals surface area contributed by atoms with Crippen LogP contribution in [0.5, 0.6) is 0 Å². The van der Waals surface area contributed by atoms with Gasteiger partial charge in [-0.3, -0.25) is 4.55 Å². The number of carboxylic acid groups (broad SMARTS) is 1. The Morgan fingerprint density at radius 1 is 1.44 bits per heavy atom. The largest absolute Gasteiger partial charge is 1.00 e. The summed E-state index contributed by atoms with van der Waals surface area (Å²) >= 11 is 0. The summed E-state index contributed by atoms with van der Waals surface area (Å²) in [6, 6.07) is 0. The molecular weight excluding hydrogens is 263 g/mol. The van der Waals surface area contributed by atoms with Crippen molar-refractivity contribution in [3.05, 3.63) is 11.6 Å². The molecule has 0 rings (SSSR count). The average molecular weight is 276 g/mol. The van der Waals surface area contributed by atoms with Gasteiger partial charge in [-0.15, -0.1) is 0 Å². The summed E-state index contributed by atoms with van der Waals surface area (Å²) in [6.45, 7) is 1.48. The first-order valence-corrected chi connectivity index (χ1v) is 5.85. The number of aliphatic carboxylic acids is 1. The van der Waals surface area contributed by atoms with Crippen LogP contribution < -0.4 is 56.5 Å². The van der Waals surface area contributed by atoms with E-state index in [1.54, 1.807) is 0 Å². The molecule has 0 aliphatic carbocycles. The molecule has 0 aliphatic rings. The molecule has 0 radical (unpaired) electrons. The van der Waals surface area contributed by atoms with Crippen molar-refractivity contribution in [2.75, 3.05) is 19.0 Å². The molecule has 0 spiro atoms. The fraction of sp³-hybridized carbons (Fsp3) is 0.625. The summed E-state index contributed by atoms with van der Waals surface area (Å²) in [6.07, 6.45) is 1.77. The molecule has 0 unspecified atom stereocenters. The summed E-state index contributed by atoms with van der Waals surface area (Å²) in [7, 11) is -3.99. The third-order valence-electron chi connectivity index (χ3n) is 1.52. The van der Waals surface area contributed by atoms with Crippen LogP contribution in [0.15, 0.2) is 11.6 Å². The van der Waals surface area contributed by atoms with Gasteiger partial charge in [-0.1, -0.05) is 6.08 Å². The molecule has 88 valence electrons. The number of carbonyl (C=O) groups excluding carboxylic acids is 1. The van der Waals surface area contributed by atoms with Gasteiger partial charge in [-0.25, -0.2) is 0 Å². The molecule has 0 aliphatic heterocycles. The van der Waals surface area contributed by atoms with E-state index in [0.717, 1.165) is 0 Å². The SMILES string of the molecule is CC(=CCCOCCS(=O)(=O)O)C(=O)[O-].[K+]. The van der Waals surface area contributed by atoms with Crippen LogP contribution in [0.2, 0.25) is 0 Å². The molecule has 1 N–H and O–H groups in total. The van der Waals surface area contributed by atoms with Crippen molar-refractivity contribution >= 4 is 16.1 Å². The van der Waals surface area contributed by atoms with E-state index in [-0.39, 0.29) is 70.2 Å². The first-order chi connectivity index (χ1) is 6.83. The molecule has 0 bridgehead atoms. The molecule has 16 heavy (non-hydrogen) atoms. The van der Waals surface area contributed by atoms with Crippen molar-refractivity contribution in [2.45, 2.75) is 13.3 Å². The van der Waals surface area contributed by atoms with Gasteiger partial charge < -0.3 is 14.6 Å². The summed E-state index contributed by atoms with van der Waals surface area (Å²) < 4.78 is 33.7. The molecule has 8 heteroatoms. The molecule has 0 amide bonds. The van der Waals surface area contributed by atoms with Crippen LogP contribution in [0.1, 0.15) is 13.3 Å². The minimum absolute atomic E-state index is 0. The molecule has 0 saturated heterocycles. The minimum atomic E-state index is -3.99. The van der Waals surface area contributed by atoms with E-state index in [0.29, 0.717) is 6.42 Å². The molecule has 6 nitrogen and oxygen atoms in total. The van der Waals surface area contributed by atoms with Gasteiger partial charge in [0.2, 0.25) is 0 Å². The number of ether oxygens (including phenoxy) is 1. The zero-order chi connectivity index (χ0) is 11.9. The van der Waals surface area contributed by atoms with E-state index in [1.165, 1.54) is 13.0 Å². The van der Waals surface area contributed by atoms with E-state index in [9.17, 15) is 18.3 Å². The quantitative estimate of drug-likeness (QED) is 0.220. The maximum atomic E-state index is 10.2. The van der Waals surface area contributed by atoms with Gasteiger partial charge in [0.15, 0.2) is 0 Å². The summed E-state index contributed by atoms with van der Waals surface area (Å²) in [4.78, 5) is 10.2. The average Bonchev–Trinajstić information content (AvgIpc) is 2.08. The smallest absolute Gasteiger partial charge is 0.545 e. The van der Waals surface area contributed by atoms with Gasteiger partial charge in [0.1, 0.15) is 0 Å². The normalized spacial score (nSPS) is 12.0. The molecule has 0 saturated carbocycles. The number of carboxylic acids is 1. The number of hydrogen-bond donors (Lipinski definition) is 1. The molecular formula is C8H13KO6S. The van der Waals surface area contributed by atoms with E-state index >= 15 is 0 Å². The number of carbonyl (C=O) groups is 1. The van der Waals surface area contributed by atoms with E-state index < -0.39 is 21.8 Å². The fourth-order valence-electron chi connectivity index (χ4n) is 0.708. The maximum absolute atomic E-state index is 10.2. The van der Waals surface area contributed by atoms with Gasteiger partial charge in [-0.2, -0.15) is 8.42 Å². The van der Waals surface area contributed by atoms with Crippen molar-refractivity contribution in [3.8, 4) is 0 Å². The topological polar surface area (TPSA) is 104 Å². The Morgan fingerprint density at radius 2 is 2.00 bits per heavy atom. The van der Waals surface area contributed by atoms with Crippen LogP contribution in [0, 0.1) is 0 Å². The second-order valence-corrected chi connectivity index (χ2v) is 4.43. The first kappa shape index (κ1) is 19.1. The number of rotatable bonds is 7. The van der Waals surface area contributed by atoms with E-state index in [1.807, 2.05) is 0 Å². The summed E-state index contributed by atoms with van der Waals surface area (Å²) in [5.74, 6) is -1.70. The predicted octanol–water partition coefficient (Wildman–Crippen LogP) is -4.02. The Labute approximate surface area is 137 Å². The second kappa shape index (κ2) is 9.72. The van der Waals surface area contributed by atoms with Gasteiger partial charge in [0.25, 0.3) is 10.1 Å².